The van der Waals surface area contributed by atoms with Crippen LogP contribution < -0.4 is 9.80 Å². The molecule has 0 aromatic heterocycles. The summed E-state index contributed by atoms with van der Waals surface area (Å²) in [6.07, 6.45) is 1.20. The molecule has 1 aliphatic rings. The molecule has 2 aromatic rings. The van der Waals surface area contributed by atoms with Crippen LogP contribution in [0.3, 0.4) is 0 Å². The van der Waals surface area contributed by atoms with Crippen LogP contribution in [0.15, 0.2) is 60.7 Å². The first-order chi connectivity index (χ1) is 9.92. The summed E-state index contributed by atoms with van der Waals surface area (Å²) in [5.41, 5.74) is 2.83. The van der Waals surface area contributed by atoms with E-state index in [-0.39, 0.29) is 0 Å². The molecule has 2 nitrogen and oxygen atoms in total. The fourth-order valence-electron chi connectivity index (χ4n) is 2.94. The van der Waals surface area contributed by atoms with Crippen LogP contribution in [-0.4, -0.2) is 32.7 Å². The fraction of sp³-hybridized carbons (Fsp3) is 0.333. The SMILES string of the molecule is c1ccc(CC[NH+]2CCN(c3ccccc3)CC2)cc1. The van der Waals surface area contributed by atoms with Crippen molar-refractivity contribution >= 4 is 5.69 Å². The summed E-state index contributed by atoms with van der Waals surface area (Å²) in [5.74, 6) is 0. The van der Waals surface area contributed by atoms with Crippen LogP contribution in [0.4, 0.5) is 5.69 Å². The number of anilines is 1. The molecule has 0 unspecified atom stereocenters. The van der Waals surface area contributed by atoms with Gasteiger partial charge in [-0.15, -0.1) is 0 Å². The minimum absolute atomic E-state index is 1.17. The summed E-state index contributed by atoms with van der Waals surface area (Å²) < 4.78 is 0. The smallest absolute Gasteiger partial charge is 0.0949 e. The zero-order valence-corrected chi connectivity index (χ0v) is 12.0. The van der Waals surface area contributed by atoms with E-state index >= 15 is 0 Å². The van der Waals surface area contributed by atoms with E-state index in [0.717, 1.165) is 0 Å². The Morgan fingerprint density at radius 2 is 1.40 bits per heavy atom. The van der Waals surface area contributed by atoms with Crippen molar-refractivity contribution in [3.8, 4) is 0 Å². The summed E-state index contributed by atoms with van der Waals surface area (Å²) >= 11 is 0. The van der Waals surface area contributed by atoms with Crippen molar-refractivity contribution in [2.75, 3.05) is 37.6 Å². The quantitative estimate of drug-likeness (QED) is 0.885. The lowest BCUT2D eigenvalue weighted by Gasteiger charge is -2.33. The molecule has 1 saturated heterocycles. The molecule has 2 heteroatoms. The molecule has 0 saturated carbocycles. The number of piperazine rings is 1. The lowest BCUT2D eigenvalue weighted by Crippen LogP contribution is -3.15. The fourth-order valence-corrected chi connectivity index (χ4v) is 2.94. The minimum atomic E-state index is 1.17. The molecule has 0 amide bonds. The Hall–Kier alpha value is -1.80. The molecule has 2 aromatic carbocycles. The lowest BCUT2D eigenvalue weighted by molar-refractivity contribution is -0.900. The van der Waals surface area contributed by atoms with Crippen molar-refractivity contribution < 1.29 is 4.90 Å². The molecule has 1 aliphatic heterocycles. The molecule has 0 spiro atoms. The minimum Gasteiger partial charge on any atom is -0.360 e. The molecular formula is C18H23N2+. The van der Waals surface area contributed by atoms with Gasteiger partial charge in [-0.2, -0.15) is 0 Å². The number of rotatable bonds is 4. The summed E-state index contributed by atoms with van der Waals surface area (Å²) in [4.78, 5) is 4.24. The van der Waals surface area contributed by atoms with Crippen molar-refractivity contribution in [1.82, 2.24) is 0 Å². The highest BCUT2D eigenvalue weighted by Crippen LogP contribution is 2.12. The van der Waals surface area contributed by atoms with Gasteiger partial charge in [0.15, 0.2) is 0 Å². The van der Waals surface area contributed by atoms with Crippen LogP contribution in [0.2, 0.25) is 0 Å². The maximum Gasteiger partial charge on any atom is 0.0949 e. The predicted molar refractivity (Wildman–Crippen MR) is 84.4 cm³/mol. The second-order valence-corrected chi connectivity index (χ2v) is 5.56. The van der Waals surface area contributed by atoms with Crippen LogP contribution in [0.1, 0.15) is 5.56 Å². The normalized spacial score (nSPS) is 16.3. The van der Waals surface area contributed by atoms with Crippen LogP contribution in [0, 0.1) is 0 Å². The number of quaternary nitrogens is 1. The first kappa shape index (κ1) is 13.2. The molecule has 1 heterocycles. The average Bonchev–Trinajstić information content (AvgIpc) is 2.55. The Bertz CT molecular complexity index is 501. The van der Waals surface area contributed by atoms with Gasteiger partial charge in [0.2, 0.25) is 0 Å². The highest BCUT2D eigenvalue weighted by molar-refractivity contribution is 5.46. The molecule has 0 bridgehead atoms. The molecule has 0 radical (unpaired) electrons. The lowest BCUT2D eigenvalue weighted by atomic mass is 10.1. The van der Waals surface area contributed by atoms with Crippen LogP contribution >= 0.6 is 0 Å². The number of para-hydroxylation sites is 1. The molecule has 1 N–H and O–H groups in total. The van der Waals surface area contributed by atoms with Gasteiger partial charge in [0.25, 0.3) is 0 Å². The Morgan fingerprint density at radius 1 is 0.800 bits per heavy atom. The Balaban J connectivity index is 1.47. The van der Waals surface area contributed by atoms with Crippen molar-refractivity contribution in [3.05, 3.63) is 66.2 Å². The zero-order valence-electron chi connectivity index (χ0n) is 12.0. The largest absolute Gasteiger partial charge is 0.360 e. The molecule has 0 aliphatic carbocycles. The predicted octanol–water partition coefficient (Wildman–Crippen LogP) is 1.63. The molecular weight excluding hydrogens is 244 g/mol. The second-order valence-electron chi connectivity index (χ2n) is 5.56. The first-order valence-corrected chi connectivity index (χ1v) is 7.59. The Labute approximate surface area is 121 Å². The third kappa shape index (κ3) is 3.40. The van der Waals surface area contributed by atoms with Gasteiger partial charge in [0, 0.05) is 12.1 Å². The van der Waals surface area contributed by atoms with Crippen LogP contribution in [-0.2, 0) is 6.42 Å². The topological polar surface area (TPSA) is 7.68 Å². The van der Waals surface area contributed by atoms with E-state index in [1.807, 2.05) is 0 Å². The Morgan fingerprint density at radius 3 is 2.05 bits per heavy atom. The van der Waals surface area contributed by atoms with Gasteiger partial charge in [-0.25, -0.2) is 0 Å². The third-order valence-electron chi connectivity index (χ3n) is 4.20. The van der Waals surface area contributed by atoms with E-state index < -0.39 is 0 Å². The summed E-state index contributed by atoms with van der Waals surface area (Å²) in [5, 5.41) is 0. The molecule has 20 heavy (non-hydrogen) atoms. The highest BCUT2D eigenvalue weighted by Gasteiger charge is 2.19. The van der Waals surface area contributed by atoms with Gasteiger partial charge >= 0.3 is 0 Å². The number of nitrogens with zero attached hydrogens (tertiary/aromatic N) is 1. The Kier molecular flexibility index (Phi) is 4.34. The van der Waals surface area contributed by atoms with E-state index in [2.05, 4.69) is 65.6 Å². The van der Waals surface area contributed by atoms with E-state index in [0.29, 0.717) is 0 Å². The highest BCUT2D eigenvalue weighted by atomic mass is 15.3. The van der Waals surface area contributed by atoms with Crippen LogP contribution in [0.5, 0.6) is 0 Å². The van der Waals surface area contributed by atoms with Gasteiger partial charge in [0.05, 0.1) is 32.7 Å². The van der Waals surface area contributed by atoms with E-state index in [4.69, 9.17) is 0 Å². The third-order valence-corrected chi connectivity index (χ3v) is 4.20. The summed E-state index contributed by atoms with van der Waals surface area (Å²) in [7, 11) is 0. The number of benzene rings is 2. The number of hydrogen-bond acceptors (Lipinski definition) is 1. The summed E-state index contributed by atoms with van der Waals surface area (Å²) in [6.45, 7) is 6.11. The van der Waals surface area contributed by atoms with Gasteiger partial charge in [-0.05, 0) is 17.7 Å². The molecule has 104 valence electrons. The van der Waals surface area contributed by atoms with Gasteiger partial charge in [-0.3, -0.25) is 0 Å². The number of hydrogen-bond donors (Lipinski definition) is 1. The molecule has 3 rings (SSSR count). The monoisotopic (exact) mass is 267 g/mol. The maximum absolute atomic E-state index is 2.51. The van der Waals surface area contributed by atoms with Gasteiger partial charge in [0.1, 0.15) is 0 Å². The first-order valence-electron chi connectivity index (χ1n) is 7.59. The van der Waals surface area contributed by atoms with E-state index in [1.165, 1.54) is 50.4 Å². The van der Waals surface area contributed by atoms with E-state index in [9.17, 15) is 0 Å². The number of nitrogens with one attached hydrogen (secondary N) is 1. The summed E-state index contributed by atoms with van der Waals surface area (Å²) in [6, 6.07) is 21.6. The molecule has 1 fully saturated rings. The zero-order chi connectivity index (χ0) is 13.6. The van der Waals surface area contributed by atoms with Gasteiger partial charge in [-0.1, -0.05) is 48.5 Å². The van der Waals surface area contributed by atoms with Crippen LogP contribution in [0.25, 0.3) is 0 Å². The van der Waals surface area contributed by atoms with Gasteiger partial charge < -0.3 is 9.80 Å². The second kappa shape index (κ2) is 6.58. The molecule has 0 atom stereocenters. The van der Waals surface area contributed by atoms with Crippen molar-refractivity contribution in [3.63, 3.8) is 0 Å². The average molecular weight is 267 g/mol. The van der Waals surface area contributed by atoms with Crippen molar-refractivity contribution in [2.24, 2.45) is 0 Å². The standard InChI is InChI=1S/C18H22N2/c1-3-7-17(8-4-1)11-12-19-13-15-20(16-14-19)18-9-5-2-6-10-18/h1-10H,11-16H2/p+1. The van der Waals surface area contributed by atoms with E-state index in [1.54, 1.807) is 4.90 Å². The maximum atomic E-state index is 2.51. The van der Waals surface area contributed by atoms with Crippen molar-refractivity contribution in [1.29, 1.82) is 0 Å². The van der Waals surface area contributed by atoms with Crippen molar-refractivity contribution in [2.45, 2.75) is 6.42 Å².